The van der Waals surface area contributed by atoms with Gasteiger partial charge in [-0.05, 0) is 24.6 Å². The van der Waals surface area contributed by atoms with Gasteiger partial charge in [-0.3, -0.25) is 9.78 Å². The highest BCUT2D eigenvalue weighted by Crippen LogP contribution is 2.05. The van der Waals surface area contributed by atoms with Crippen molar-refractivity contribution in [2.75, 3.05) is 11.9 Å². The Morgan fingerprint density at radius 3 is 2.71 bits per heavy atom. The van der Waals surface area contributed by atoms with E-state index in [-0.39, 0.29) is 23.9 Å². The molecule has 2 rings (SSSR count). The molecule has 0 aliphatic heterocycles. The number of aromatic nitrogens is 2. The fourth-order valence-electron chi connectivity index (χ4n) is 1.63. The number of esters is 1. The van der Waals surface area contributed by atoms with Gasteiger partial charge in [-0.25, -0.2) is 14.2 Å². The molecule has 0 aliphatic carbocycles. The van der Waals surface area contributed by atoms with Gasteiger partial charge in [-0.15, -0.1) is 0 Å². The minimum atomic E-state index is -0.712. The third kappa shape index (κ3) is 3.88. The van der Waals surface area contributed by atoms with E-state index >= 15 is 0 Å². The Labute approximate surface area is 120 Å². The summed E-state index contributed by atoms with van der Waals surface area (Å²) in [6, 6.07) is 5.93. The summed E-state index contributed by atoms with van der Waals surface area (Å²) in [6.07, 6.45) is 1.16. The van der Waals surface area contributed by atoms with Gasteiger partial charge in [0.1, 0.15) is 11.4 Å². The first-order chi connectivity index (χ1) is 10.1. The van der Waals surface area contributed by atoms with Crippen LogP contribution in [0.1, 0.15) is 22.8 Å². The minimum absolute atomic E-state index is 0.149. The van der Waals surface area contributed by atoms with Gasteiger partial charge < -0.3 is 10.1 Å². The van der Waals surface area contributed by atoms with E-state index in [1.54, 1.807) is 19.1 Å². The Kier molecular flexibility index (Phi) is 4.65. The highest BCUT2D eigenvalue weighted by atomic mass is 19.1. The Bertz CT molecular complexity index is 683. The van der Waals surface area contributed by atoms with Crippen molar-refractivity contribution in [2.45, 2.75) is 13.5 Å². The molecule has 0 unspecified atom stereocenters. The quantitative estimate of drug-likeness (QED) is 0.819. The van der Waals surface area contributed by atoms with Crippen LogP contribution in [-0.2, 0) is 11.3 Å². The summed E-state index contributed by atoms with van der Waals surface area (Å²) in [5, 5.41) is 2.88. The third-order valence-corrected chi connectivity index (χ3v) is 2.67. The Balaban J connectivity index is 2.05. The van der Waals surface area contributed by atoms with Crippen LogP contribution in [0.2, 0.25) is 0 Å². The second-order valence-corrected chi connectivity index (χ2v) is 4.18. The lowest BCUT2D eigenvalue weighted by atomic mass is 10.2. The molecule has 0 radical (unpaired) electrons. The number of H-pyrrole nitrogens is 1. The standard InChI is InChI=1S/C14H14FN3O3/c1-2-21-13(20)11-8-17-14(18-12(11)19)16-7-9-3-5-10(15)6-4-9/h3-6,8H,2,7H2,1H3,(H2,16,17,18,19). The first-order valence-electron chi connectivity index (χ1n) is 6.35. The average Bonchev–Trinajstić information content (AvgIpc) is 2.47. The molecule has 0 spiro atoms. The minimum Gasteiger partial charge on any atom is -0.462 e. The molecule has 110 valence electrons. The fraction of sp³-hybridized carbons (Fsp3) is 0.214. The Morgan fingerprint density at radius 1 is 1.38 bits per heavy atom. The largest absolute Gasteiger partial charge is 0.462 e. The van der Waals surface area contributed by atoms with Crippen LogP contribution in [-0.4, -0.2) is 22.5 Å². The van der Waals surface area contributed by atoms with Gasteiger partial charge >= 0.3 is 5.97 Å². The number of nitrogens with one attached hydrogen (secondary N) is 2. The van der Waals surface area contributed by atoms with Crippen LogP contribution < -0.4 is 10.9 Å². The maximum atomic E-state index is 12.8. The van der Waals surface area contributed by atoms with Crippen LogP contribution in [0.5, 0.6) is 0 Å². The van der Waals surface area contributed by atoms with Crippen LogP contribution >= 0.6 is 0 Å². The molecule has 0 fully saturated rings. The van der Waals surface area contributed by atoms with Gasteiger partial charge in [-0.2, -0.15) is 0 Å². The molecule has 21 heavy (non-hydrogen) atoms. The lowest BCUT2D eigenvalue weighted by Crippen LogP contribution is -2.22. The van der Waals surface area contributed by atoms with Gasteiger partial charge in [0.2, 0.25) is 5.95 Å². The number of ether oxygens (including phenoxy) is 1. The second-order valence-electron chi connectivity index (χ2n) is 4.18. The topological polar surface area (TPSA) is 84.1 Å². The lowest BCUT2D eigenvalue weighted by Gasteiger charge is -2.06. The summed E-state index contributed by atoms with van der Waals surface area (Å²) in [5.74, 6) is -0.808. The number of anilines is 1. The molecule has 0 saturated heterocycles. The SMILES string of the molecule is CCOC(=O)c1cnc(NCc2ccc(F)cc2)[nH]c1=O. The van der Waals surface area contributed by atoms with E-state index < -0.39 is 11.5 Å². The smallest absolute Gasteiger partial charge is 0.345 e. The van der Waals surface area contributed by atoms with Gasteiger partial charge in [-0.1, -0.05) is 12.1 Å². The molecule has 2 N–H and O–H groups in total. The van der Waals surface area contributed by atoms with E-state index in [0.29, 0.717) is 6.54 Å². The Morgan fingerprint density at radius 2 is 2.10 bits per heavy atom. The van der Waals surface area contributed by atoms with Gasteiger partial charge in [0.25, 0.3) is 5.56 Å². The number of carbonyl (C=O) groups is 1. The summed E-state index contributed by atoms with van der Waals surface area (Å²) in [4.78, 5) is 29.6. The maximum Gasteiger partial charge on any atom is 0.345 e. The molecular weight excluding hydrogens is 277 g/mol. The Hall–Kier alpha value is -2.70. The van der Waals surface area contributed by atoms with Crippen LogP contribution in [0.15, 0.2) is 35.3 Å². The number of rotatable bonds is 5. The van der Waals surface area contributed by atoms with E-state index in [1.165, 1.54) is 12.1 Å². The van der Waals surface area contributed by atoms with Crippen molar-refractivity contribution in [1.82, 2.24) is 9.97 Å². The van der Waals surface area contributed by atoms with E-state index in [4.69, 9.17) is 4.74 Å². The number of benzene rings is 1. The molecule has 1 aromatic carbocycles. The summed E-state index contributed by atoms with van der Waals surface area (Å²) in [5.41, 5.74) is 0.0998. The average molecular weight is 291 g/mol. The maximum absolute atomic E-state index is 12.8. The summed E-state index contributed by atoms with van der Waals surface area (Å²) in [6.45, 7) is 2.20. The molecule has 0 aliphatic rings. The zero-order chi connectivity index (χ0) is 15.2. The zero-order valence-corrected chi connectivity index (χ0v) is 11.4. The number of aromatic amines is 1. The van der Waals surface area contributed by atoms with E-state index in [1.807, 2.05) is 0 Å². The van der Waals surface area contributed by atoms with Crippen LogP contribution in [0.3, 0.4) is 0 Å². The van der Waals surface area contributed by atoms with Gasteiger partial charge in [0.05, 0.1) is 12.8 Å². The highest BCUT2D eigenvalue weighted by Gasteiger charge is 2.12. The van der Waals surface area contributed by atoms with E-state index in [9.17, 15) is 14.0 Å². The molecule has 6 nitrogen and oxygen atoms in total. The normalized spacial score (nSPS) is 10.2. The predicted molar refractivity (Wildman–Crippen MR) is 74.5 cm³/mol. The van der Waals surface area contributed by atoms with Gasteiger partial charge in [0, 0.05) is 6.54 Å². The summed E-state index contributed by atoms with van der Waals surface area (Å²) in [7, 11) is 0. The molecule has 0 atom stereocenters. The van der Waals surface area contributed by atoms with Crippen molar-refractivity contribution in [2.24, 2.45) is 0 Å². The van der Waals surface area contributed by atoms with Crippen molar-refractivity contribution in [3.05, 3.63) is 57.8 Å². The number of hydrogen-bond acceptors (Lipinski definition) is 5. The molecule has 0 amide bonds. The van der Waals surface area contributed by atoms with Gasteiger partial charge in [0.15, 0.2) is 0 Å². The van der Waals surface area contributed by atoms with Crippen molar-refractivity contribution in [1.29, 1.82) is 0 Å². The van der Waals surface area contributed by atoms with Crippen LogP contribution in [0.25, 0.3) is 0 Å². The van der Waals surface area contributed by atoms with E-state index in [2.05, 4.69) is 15.3 Å². The van der Waals surface area contributed by atoms with Crippen molar-refractivity contribution >= 4 is 11.9 Å². The molecule has 7 heteroatoms. The predicted octanol–water partition coefficient (Wildman–Crippen LogP) is 1.70. The third-order valence-electron chi connectivity index (χ3n) is 2.67. The fourth-order valence-corrected chi connectivity index (χ4v) is 1.63. The molecular formula is C14H14FN3O3. The number of nitrogens with zero attached hydrogens (tertiary/aromatic N) is 1. The molecule has 2 aromatic rings. The second kappa shape index (κ2) is 6.65. The van der Waals surface area contributed by atoms with Crippen LogP contribution in [0.4, 0.5) is 10.3 Å². The summed E-state index contributed by atoms with van der Waals surface area (Å²) < 4.78 is 17.5. The zero-order valence-electron chi connectivity index (χ0n) is 11.4. The molecule has 0 bridgehead atoms. The van der Waals surface area contributed by atoms with E-state index in [0.717, 1.165) is 11.8 Å². The molecule has 1 heterocycles. The number of hydrogen-bond donors (Lipinski definition) is 2. The highest BCUT2D eigenvalue weighted by molar-refractivity contribution is 5.88. The number of halogens is 1. The monoisotopic (exact) mass is 291 g/mol. The first-order valence-corrected chi connectivity index (χ1v) is 6.35. The number of carbonyl (C=O) groups excluding carboxylic acids is 1. The van der Waals surface area contributed by atoms with Crippen molar-refractivity contribution in [3.63, 3.8) is 0 Å². The van der Waals surface area contributed by atoms with Crippen LogP contribution in [0, 0.1) is 5.82 Å². The summed E-state index contributed by atoms with van der Waals surface area (Å²) >= 11 is 0. The lowest BCUT2D eigenvalue weighted by molar-refractivity contribution is 0.0524. The first kappa shape index (κ1) is 14.7. The van der Waals surface area contributed by atoms with Crippen molar-refractivity contribution < 1.29 is 13.9 Å². The van der Waals surface area contributed by atoms with Crippen molar-refractivity contribution in [3.8, 4) is 0 Å². The molecule has 0 saturated carbocycles. The molecule has 1 aromatic heterocycles.